The summed E-state index contributed by atoms with van der Waals surface area (Å²) in [4.78, 5) is 4.10. The molecule has 1 aliphatic heterocycles. The van der Waals surface area contributed by atoms with Gasteiger partial charge >= 0.3 is 0 Å². The minimum absolute atomic E-state index is 0.220. The van der Waals surface area contributed by atoms with Gasteiger partial charge in [-0.25, -0.2) is 16.8 Å². The first kappa shape index (κ1) is 23.1. The van der Waals surface area contributed by atoms with E-state index >= 15 is 0 Å². The van der Waals surface area contributed by atoms with Gasteiger partial charge in [0.25, 0.3) is 0 Å². The highest BCUT2D eigenvalue weighted by Crippen LogP contribution is 2.26. The molecule has 0 amide bonds. The lowest BCUT2D eigenvalue weighted by molar-refractivity contribution is 0.328. The summed E-state index contributed by atoms with van der Waals surface area (Å²) >= 11 is 0. The van der Waals surface area contributed by atoms with Crippen LogP contribution in [-0.2, 0) is 32.0 Å². The van der Waals surface area contributed by atoms with Gasteiger partial charge in [-0.05, 0) is 41.8 Å². The number of nitrogens with one attached hydrogen (secondary N) is 1. The molecule has 1 atom stereocenters. The molecule has 11 heteroatoms. The van der Waals surface area contributed by atoms with Crippen molar-refractivity contribution in [2.45, 2.75) is 19.0 Å². The largest absolute Gasteiger partial charge is 0.383 e. The number of anilines is 1. The fourth-order valence-electron chi connectivity index (χ4n) is 2.95. The summed E-state index contributed by atoms with van der Waals surface area (Å²) in [5.41, 5.74) is 3.20. The van der Waals surface area contributed by atoms with Gasteiger partial charge in [0, 0.05) is 47.9 Å². The van der Waals surface area contributed by atoms with Gasteiger partial charge in [-0.3, -0.25) is 4.98 Å². The SMILES string of the molecule is CS(=O)(=O)Cl.CS(=O)(=O)N1Cc2cc(C#N)ccc2NC[C@H]1Cc1cccnc1. The van der Waals surface area contributed by atoms with Crippen LogP contribution in [0.4, 0.5) is 5.69 Å². The van der Waals surface area contributed by atoms with Gasteiger partial charge in [0.05, 0.1) is 24.1 Å². The molecule has 0 fully saturated rings. The van der Waals surface area contributed by atoms with Crippen molar-refractivity contribution in [1.82, 2.24) is 9.29 Å². The standard InChI is InChI=1S/C17H18N4O2S.CH3ClO2S/c1-24(22,23)21-12-15-7-13(9-18)4-5-17(15)20-11-16(21)8-14-3-2-6-19-10-14;1-5(2,3)4/h2-7,10,16,20H,8,11-12H2,1H3;1H3/t16-;/m1./s1. The first-order valence-electron chi connectivity index (χ1n) is 8.49. The first-order valence-corrected chi connectivity index (χ1v) is 13.1. The van der Waals surface area contributed by atoms with Gasteiger partial charge in [-0.15, -0.1) is 0 Å². The monoisotopic (exact) mass is 456 g/mol. The van der Waals surface area contributed by atoms with Gasteiger partial charge < -0.3 is 5.32 Å². The fraction of sp³-hybridized carbons (Fsp3) is 0.333. The molecule has 1 N–H and O–H groups in total. The number of hydrogen-bond acceptors (Lipinski definition) is 7. The quantitative estimate of drug-likeness (QED) is 0.700. The maximum absolute atomic E-state index is 12.3. The molecule has 0 bridgehead atoms. The summed E-state index contributed by atoms with van der Waals surface area (Å²) in [7, 11) is -2.08. The molecule has 0 saturated carbocycles. The zero-order valence-electron chi connectivity index (χ0n) is 15.9. The molecule has 3 rings (SSSR count). The number of nitriles is 1. The maximum atomic E-state index is 12.3. The van der Waals surface area contributed by atoms with Crippen LogP contribution >= 0.6 is 10.7 Å². The van der Waals surface area contributed by atoms with Crippen LogP contribution in [0.5, 0.6) is 0 Å². The predicted octanol–water partition coefficient (Wildman–Crippen LogP) is 1.94. The molecule has 0 radical (unpaired) electrons. The van der Waals surface area contributed by atoms with Crippen LogP contribution < -0.4 is 5.32 Å². The number of sulfonamides is 1. The molecule has 156 valence electrons. The zero-order valence-corrected chi connectivity index (χ0v) is 18.3. The summed E-state index contributed by atoms with van der Waals surface area (Å²) < 4.78 is 44.9. The lowest BCUT2D eigenvalue weighted by atomic mass is 10.1. The van der Waals surface area contributed by atoms with Crippen LogP contribution in [0.1, 0.15) is 16.7 Å². The number of nitrogens with zero attached hydrogens (tertiary/aromatic N) is 3. The highest BCUT2D eigenvalue weighted by atomic mass is 35.7. The minimum Gasteiger partial charge on any atom is -0.383 e. The van der Waals surface area contributed by atoms with E-state index in [2.05, 4.69) is 27.1 Å². The normalized spacial score (nSPS) is 17.0. The Balaban J connectivity index is 0.000000537. The number of pyridine rings is 1. The van der Waals surface area contributed by atoms with E-state index in [0.29, 0.717) is 18.5 Å². The van der Waals surface area contributed by atoms with Crippen LogP contribution in [-0.4, -0.2) is 51.2 Å². The molecule has 1 aliphatic rings. The van der Waals surface area contributed by atoms with Gasteiger partial charge in [-0.2, -0.15) is 9.57 Å². The molecule has 29 heavy (non-hydrogen) atoms. The molecule has 2 aromatic rings. The van der Waals surface area contributed by atoms with Crippen molar-refractivity contribution >= 4 is 35.4 Å². The molecular formula is C18H21ClN4O4S2. The molecular weight excluding hydrogens is 436 g/mol. The van der Waals surface area contributed by atoms with Crippen molar-refractivity contribution in [3.63, 3.8) is 0 Å². The Morgan fingerprint density at radius 3 is 2.52 bits per heavy atom. The Labute approximate surface area is 175 Å². The highest BCUT2D eigenvalue weighted by molar-refractivity contribution is 8.13. The van der Waals surface area contributed by atoms with Crippen molar-refractivity contribution in [3.05, 3.63) is 59.4 Å². The lowest BCUT2D eigenvalue weighted by Gasteiger charge is -2.27. The Hall–Kier alpha value is -2.19. The zero-order chi connectivity index (χ0) is 21.7. The predicted molar refractivity (Wildman–Crippen MR) is 112 cm³/mol. The Bertz CT molecular complexity index is 1090. The summed E-state index contributed by atoms with van der Waals surface area (Å²) in [5.74, 6) is 0. The molecule has 8 nitrogen and oxygen atoms in total. The topological polar surface area (TPSA) is 120 Å². The summed E-state index contributed by atoms with van der Waals surface area (Å²) in [6.07, 6.45) is 6.18. The second kappa shape index (κ2) is 9.54. The number of aromatic nitrogens is 1. The molecule has 0 spiro atoms. The van der Waals surface area contributed by atoms with E-state index in [1.807, 2.05) is 18.2 Å². The summed E-state index contributed by atoms with van der Waals surface area (Å²) in [6.45, 7) is 0.752. The number of hydrogen-bond donors (Lipinski definition) is 1. The Kier molecular flexibility index (Phi) is 7.60. The van der Waals surface area contributed by atoms with E-state index in [0.717, 1.165) is 23.1 Å². The summed E-state index contributed by atoms with van der Waals surface area (Å²) in [5, 5.41) is 12.4. The van der Waals surface area contributed by atoms with Crippen molar-refractivity contribution in [1.29, 1.82) is 5.26 Å². The average Bonchev–Trinajstić information content (AvgIpc) is 2.80. The molecule has 0 unspecified atom stereocenters. The summed E-state index contributed by atoms with van der Waals surface area (Å²) in [6, 6.07) is 11.0. The van der Waals surface area contributed by atoms with Crippen molar-refractivity contribution in [3.8, 4) is 6.07 Å². The number of fused-ring (bicyclic) bond motifs is 1. The van der Waals surface area contributed by atoms with Crippen molar-refractivity contribution in [2.24, 2.45) is 0 Å². The van der Waals surface area contributed by atoms with E-state index in [1.54, 1.807) is 24.5 Å². The second-order valence-electron chi connectivity index (χ2n) is 6.57. The van der Waals surface area contributed by atoms with Crippen LogP contribution in [0.3, 0.4) is 0 Å². The van der Waals surface area contributed by atoms with Gasteiger partial charge in [-0.1, -0.05) is 6.07 Å². The third kappa shape index (κ3) is 7.62. The van der Waals surface area contributed by atoms with E-state index in [4.69, 9.17) is 5.26 Å². The van der Waals surface area contributed by atoms with Crippen molar-refractivity contribution in [2.75, 3.05) is 24.4 Å². The van der Waals surface area contributed by atoms with Crippen LogP contribution in [0.15, 0.2) is 42.7 Å². The minimum atomic E-state index is -3.39. The first-order chi connectivity index (χ1) is 13.5. The number of halogens is 1. The molecule has 1 aromatic heterocycles. The molecule has 2 heterocycles. The van der Waals surface area contributed by atoms with Crippen molar-refractivity contribution < 1.29 is 16.8 Å². The second-order valence-corrected chi connectivity index (χ2v) is 11.6. The van der Waals surface area contributed by atoms with E-state index in [9.17, 15) is 16.8 Å². The highest BCUT2D eigenvalue weighted by Gasteiger charge is 2.30. The molecule has 0 saturated heterocycles. The van der Waals surface area contributed by atoms with Crippen LogP contribution in [0, 0.1) is 11.3 Å². The smallest absolute Gasteiger partial charge is 0.229 e. The fourth-order valence-corrected chi connectivity index (χ4v) is 4.01. The van der Waals surface area contributed by atoms with Gasteiger partial charge in [0.1, 0.15) is 0 Å². The van der Waals surface area contributed by atoms with Crippen LogP contribution in [0.2, 0.25) is 0 Å². The third-order valence-corrected chi connectivity index (χ3v) is 5.40. The Morgan fingerprint density at radius 2 is 1.97 bits per heavy atom. The van der Waals surface area contributed by atoms with E-state index < -0.39 is 19.1 Å². The molecule has 1 aromatic carbocycles. The van der Waals surface area contributed by atoms with Gasteiger partial charge in [0.15, 0.2) is 0 Å². The maximum Gasteiger partial charge on any atom is 0.229 e. The number of rotatable bonds is 3. The molecule has 0 aliphatic carbocycles. The van der Waals surface area contributed by atoms with Gasteiger partial charge in [0.2, 0.25) is 19.1 Å². The van der Waals surface area contributed by atoms with Crippen LogP contribution in [0.25, 0.3) is 0 Å². The third-order valence-electron chi connectivity index (χ3n) is 4.12. The van der Waals surface area contributed by atoms with E-state index in [1.165, 1.54) is 10.6 Å². The van der Waals surface area contributed by atoms with E-state index in [-0.39, 0.29) is 12.6 Å². The number of benzene rings is 1. The lowest BCUT2D eigenvalue weighted by Crippen LogP contribution is -2.42. The average molecular weight is 457 g/mol. The Morgan fingerprint density at radius 1 is 1.28 bits per heavy atom.